The third-order valence-electron chi connectivity index (χ3n) is 3.52. The van der Waals surface area contributed by atoms with Gasteiger partial charge >= 0.3 is 6.18 Å². The Morgan fingerprint density at radius 1 is 1.38 bits per heavy atom. The van der Waals surface area contributed by atoms with Gasteiger partial charge < -0.3 is 10.6 Å². The Morgan fingerprint density at radius 2 is 2.17 bits per heavy atom. The maximum atomic E-state index is 12.8. The molecule has 1 aromatic carbocycles. The Balaban J connectivity index is 1.78. The van der Waals surface area contributed by atoms with Crippen molar-refractivity contribution in [2.45, 2.75) is 18.6 Å². The van der Waals surface area contributed by atoms with Gasteiger partial charge in [0, 0.05) is 12.1 Å². The summed E-state index contributed by atoms with van der Waals surface area (Å²) >= 11 is 0.976. The SMILES string of the molecule is O=C(NC1CCNC1=O)c1cnc(-c2cccc(C(F)(F)F)c2)s1. The molecule has 0 radical (unpaired) electrons. The topological polar surface area (TPSA) is 71.1 Å². The second-order valence-electron chi connectivity index (χ2n) is 5.21. The Bertz CT molecular complexity index is 788. The highest BCUT2D eigenvalue weighted by molar-refractivity contribution is 7.16. The summed E-state index contributed by atoms with van der Waals surface area (Å²) in [7, 11) is 0. The van der Waals surface area contributed by atoms with Crippen LogP contribution < -0.4 is 10.6 Å². The number of carbonyl (C=O) groups is 2. The fourth-order valence-electron chi connectivity index (χ4n) is 2.30. The molecule has 0 aliphatic carbocycles. The highest BCUT2D eigenvalue weighted by Gasteiger charge is 2.31. The average molecular weight is 355 g/mol. The van der Waals surface area contributed by atoms with Crippen molar-refractivity contribution in [1.82, 2.24) is 15.6 Å². The zero-order valence-corrected chi connectivity index (χ0v) is 13.0. The number of hydrogen-bond acceptors (Lipinski definition) is 4. The summed E-state index contributed by atoms with van der Waals surface area (Å²) in [5.74, 6) is -0.709. The molecule has 1 aromatic heterocycles. The number of nitrogens with one attached hydrogen (secondary N) is 2. The van der Waals surface area contributed by atoms with Gasteiger partial charge in [-0.25, -0.2) is 4.98 Å². The van der Waals surface area contributed by atoms with Gasteiger partial charge in [0.15, 0.2) is 0 Å². The van der Waals surface area contributed by atoms with Crippen molar-refractivity contribution < 1.29 is 22.8 Å². The van der Waals surface area contributed by atoms with E-state index in [-0.39, 0.29) is 16.3 Å². The molecule has 1 saturated heterocycles. The van der Waals surface area contributed by atoms with Crippen LogP contribution in [0.2, 0.25) is 0 Å². The molecule has 1 fully saturated rings. The lowest BCUT2D eigenvalue weighted by atomic mass is 10.1. The van der Waals surface area contributed by atoms with Crippen LogP contribution in [0.1, 0.15) is 21.7 Å². The molecule has 1 aliphatic heterocycles. The smallest absolute Gasteiger partial charge is 0.354 e. The van der Waals surface area contributed by atoms with Crippen LogP contribution in [0.3, 0.4) is 0 Å². The van der Waals surface area contributed by atoms with E-state index >= 15 is 0 Å². The maximum Gasteiger partial charge on any atom is 0.416 e. The lowest BCUT2D eigenvalue weighted by Gasteiger charge is -2.08. The first kappa shape index (κ1) is 16.4. The van der Waals surface area contributed by atoms with Gasteiger partial charge in [-0.3, -0.25) is 9.59 Å². The summed E-state index contributed by atoms with van der Waals surface area (Å²) in [5, 5.41) is 5.50. The largest absolute Gasteiger partial charge is 0.416 e. The molecule has 3 rings (SSSR count). The number of hydrogen-bond donors (Lipinski definition) is 2. The van der Waals surface area contributed by atoms with Crippen molar-refractivity contribution >= 4 is 23.2 Å². The maximum absolute atomic E-state index is 12.8. The molecular formula is C15H12F3N3O2S. The third-order valence-corrected chi connectivity index (χ3v) is 4.57. The molecule has 1 atom stereocenters. The second-order valence-corrected chi connectivity index (χ2v) is 6.24. The van der Waals surface area contributed by atoms with Gasteiger partial charge in [0.1, 0.15) is 15.9 Å². The van der Waals surface area contributed by atoms with Crippen molar-refractivity contribution in [3.63, 3.8) is 0 Å². The van der Waals surface area contributed by atoms with Gasteiger partial charge in [-0.05, 0) is 18.6 Å². The summed E-state index contributed by atoms with van der Waals surface area (Å²) in [6.45, 7) is 0.502. The molecule has 1 aliphatic rings. The number of benzene rings is 1. The Kier molecular flexibility index (Phi) is 4.27. The molecule has 2 heterocycles. The van der Waals surface area contributed by atoms with E-state index < -0.39 is 23.7 Å². The molecule has 2 aromatic rings. The van der Waals surface area contributed by atoms with Crippen LogP contribution >= 0.6 is 11.3 Å². The monoisotopic (exact) mass is 355 g/mol. The standard InChI is InChI=1S/C15H12F3N3O2S/c16-15(17,18)9-3-1-2-8(6-9)14-20-7-11(24-14)13(23)21-10-4-5-19-12(10)22/h1-3,6-7,10H,4-5H2,(H,19,22)(H,21,23). The quantitative estimate of drug-likeness (QED) is 0.888. The van der Waals surface area contributed by atoms with Gasteiger partial charge in [0.25, 0.3) is 5.91 Å². The van der Waals surface area contributed by atoms with Crippen LogP contribution in [0.25, 0.3) is 10.6 Å². The van der Waals surface area contributed by atoms with Crippen molar-refractivity contribution in [2.75, 3.05) is 6.54 Å². The molecule has 1 unspecified atom stereocenters. The van der Waals surface area contributed by atoms with Gasteiger partial charge in [-0.1, -0.05) is 12.1 Å². The highest BCUT2D eigenvalue weighted by atomic mass is 32.1. The number of rotatable bonds is 3. The van der Waals surface area contributed by atoms with E-state index in [1.54, 1.807) is 0 Å². The first-order valence-corrected chi connectivity index (χ1v) is 7.88. The van der Waals surface area contributed by atoms with E-state index in [2.05, 4.69) is 15.6 Å². The zero-order chi connectivity index (χ0) is 17.3. The van der Waals surface area contributed by atoms with E-state index in [9.17, 15) is 22.8 Å². The molecule has 5 nitrogen and oxygen atoms in total. The second kappa shape index (κ2) is 6.23. The first-order chi connectivity index (χ1) is 11.3. The van der Waals surface area contributed by atoms with E-state index in [0.29, 0.717) is 18.0 Å². The van der Waals surface area contributed by atoms with Crippen LogP contribution in [0, 0.1) is 0 Å². The van der Waals surface area contributed by atoms with Crippen molar-refractivity contribution in [3.8, 4) is 10.6 Å². The van der Waals surface area contributed by atoms with Crippen molar-refractivity contribution in [3.05, 3.63) is 40.9 Å². The highest BCUT2D eigenvalue weighted by Crippen LogP contribution is 2.33. The number of nitrogens with zero attached hydrogens (tertiary/aromatic N) is 1. The minimum absolute atomic E-state index is 0.238. The normalized spacial score (nSPS) is 17.6. The van der Waals surface area contributed by atoms with Crippen LogP contribution in [0.15, 0.2) is 30.5 Å². The number of amides is 2. The predicted octanol–water partition coefficient (Wildman–Crippen LogP) is 2.45. The number of aromatic nitrogens is 1. The van der Waals surface area contributed by atoms with Crippen LogP contribution in [0.4, 0.5) is 13.2 Å². The molecular weight excluding hydrogens is 343 g/mol. The zero-order valence-electron chi connectivity index (χ0n) is 12.2. The van der Waals surface area contributed by atoms with Crippen molar-refractivity contribution in [1.29, 1.82) is 0 Å². The molecule has 126 valence electrons. The summed E-state index contributed by atoms with van der Waals surface area (Å²) in [6, 6.07) is 4.17. The molecule has 2 amide bonds. The number of alkyl halides is 3. The predicted molar refractivity (Wildman–Crippen MR) is 81.4 cm³/mol. The molecule has 9 heteroatoms. The average Bonchev–Trinajstić information content (AvgIpc) is 3.16. The lowest BCUT2D eigenvalue weighted by molar-refractivity contribution is -0.137. The van der Waals surface area contributed by atoms with Gasteiger partial charge in [0.2, 0.25) is 5.91 Å². The van der Waals surface area contributed by atoms with Gasteiger partial charge in [-0.15, -0.1) is 11.3 Å². The summed E-state index contributed by atoms with van der Waals surface area (Å²) in [6.07, 6.45) is -2.64. The molecule has 2 N–H and O–H groups in total. The number of thiazole rings is 1. The Labute approximate surface area is 138 Å². The van der Waals surface area contributed by atoms with Crippen LogP contribution in [-0.4, -0.2) is 29.4 Å². The van der Waals surface area contributed by atoms with E-state index in [0.717, 1.165) is 23.5 Å². The van der Waals surface area contributed by atoms with Crippen LogP contribution in [-0.2, 0) is 11.0 Å². The molecule has 0 saturated carbocycles. The molecule has 0 spiro atoms. The summed E-state index contributed by atoms with van der Waals surface area (Å²) < 4.78 is 38.3. The van der Waals surface area contributed by atoms with E-state index in [4.69, 9.17) is 0 Å². The number of halogens is 3. The lowest BCUT2D eigenvalue weighted by Crippen LogP contribution is -2.39. The van der Waals surface area contributed by atoms with Crippen molar-refractivity contribution in [2.24, 2.45) is 0 Å². The molecule has 0 bridgehead atoms. The minimum atomic E-state index is -4.44. The van der Waals surface area contributed by atoms with E-state index in [1.165, 1.54) is 18.3 Å². The Morgan fingerprint density at radius 3 is 2.83 bits per heavy atom. The van der Waals surface area contributed by atoms with E-state index in [1.807, 2.05) is 0 Å². The number of carbonyl (C=O) groups excluding carboxylic acids is 2. The van der Waals surface area contributed by atoms with Gasteiger partial charge in [-0.2, -0.15) is 13.2 Å². The first-order valence-electron chi connectivity index (χ1n) is 7.06. The molecule has 24 heavy (non-hydrogen) atoms. The summed E-state index contributed by atoms with van der Waals surface area (Å²) in [4.78, 5) is 27.8. The summed E-state index contributed by atoms with van der Waals surface area (Å²) in [5.41, 5.74) is -0.490. The fourth-order valence-corrected chi connectivity index (χ4v) is 3.12. The Hall–Kier alpha value is -2.42. The van der Waals surface area contributed by atoms with Crippen LogP contribution in [0.5, 0.6) is 0 Å². The third kappa shape index (κ3) is 3.40. The fraction of sp³-hybridized carbons (Fsp3) is 0.267. The van der Waals surface area contributed by atoms with Gasteiger partial charge in [0.05, 0.1) is 11.8 Å². The minimum Gasteiger partial charge on any atom is -0.354 e.